The predicted molar refractivity (Wildman–Crippen MR) is 160 cm³/mol. The standard InChI is InChI=1S/C32H33Cl2N3O3/c1-36(17-5-8-25-6-3-2-4-7-25)21-26-9-12-28(13-10-26)38-22-29-15-19-39-32(40-29,23-37-18-16-35-24-37)30-14-11-27(33)20-31(30)34/h2-14,16,18,20,24,29H,15,17,19,21-23H2,1H3/b8-5+/t29-,32+/m0/s1. The molecule has 8 heteroatoms. The fourth-order valence-electron chi connectivity index (χ4n) is 4.75. The van der Waals surface area contributed by atoms with Crippen LogP contribution < -0.4 is 4.74 Å². The van der Waals surface area contributed by atoms with Gasteiger partial charge in [0.05, 0.1) is 30.6 Å². The Morgan fingerprint density at radius 3 is 2.67 bits per heavy atom. The summed E-state index contributed by atoms with van der Waals surface area (Å²) < 4.78 is 20.9. The highest BCUT2D eigenvalue weighted by Gasteiger charge is 2.42. The highest BCUT2D eigenvalue weighted by atomic mass is 35.5. The van der Waals surface area contributed by atoms with Gasteiger partial charge in [0.1, 0.15) is 12.4 Å². The van der Waals surface area contributed by atoms with Crippen LogP contribution >= 0.6 is 23.2 Å². The van der Waals surface area contributed by atoms with Gasteiger partial charge in [-0.15, -0.1) is 0 Å². The first-order chi connectivity index (χ1) is 19.5. The van der Waals surface area contributed by atoms with Crippen LogP contribution in [0, 0.1) is 0 Å². The highest BCUT2D eigenvalue weighted by Crippen LogP contribution is 2.39. The molecular weight excluding hydrogens is 545 g/mol. The van der Waals surface area contributed by atoms with Crippen molar-refractivity contribution in [2.75, 3.05) is 26.8 Å². The van der Waals surface area contributed by atoms with Crippen LogP contribution in [0.4, 0.5) is 0 Å². The van der Waals surface area contributed by atoms with Crippen molar-refractivity contribution in [2.24, 2.45) is 0 Å². The molecule has 0 unspecified atom stereocenters. The van der Waals surface area contributed by atoms with Crippen LogP contribution in [0.1, 0.15) is 23.1 Å². The molecule has 40 heavy (non-hydrogen) atoms. The first kappa shape index (κ1) is 28.4. The molecule has 1 aliphatic rings. The second-order valence-electron chi connectivity index (χ2n) is 9.95. The van der Waals surface area contributed by atoms with Crippen molar-refractivity contribution < 1.29 is 14.2 Å². The lowest BCUT2D eigenvalue weighted by Crippen LogP contribution is -2.47. The zero-order valence-electron chi connectivity index (χ0n) is 22.5. The smallest absolute Gasteiger partial charge is 0.215 e. The second-order valence-corrected chi connectivity index (χ2v) is 10.8. The molecule has 5 rings (SSSR count). The van der Waals surface area contributed by atoms with Crippen molar-refractivity contribution in [2.45, 2.75) is 31.4 Å². The number of halogens is 2. The van der Waals surface area contributed by atoms with Crippen LogP contribution in [0.2, 0.25) is 10.0 Å². The minimum absolute atomic E-state index is 0.189. The summed E-state index contributed by atoms with van der Waals surface area (Å²) >= 11 is 12.8. The van der Waals surface area contributed by atoms with Gasteiger partial charge in [-0.3, -0.25) is 4.90 Å². The number of rotatable bonds is 11. The van der Waals surface area contributed by atoms with E-state index in [2.05, 4.69) is 53.3 Å². The molecule has 0 spiro atoms. The first-order valence-electron chi connectivity index (χ1n) is 13.3. The van der Waals surface area contributed by atoms with Gasteiger partial charge in [-0.05, 0) is 42.4 Å². The van der Waals surface area contributed by atoms with Gasteiger partial charge < -0.3 is 18.8 Å². The van der Waals surface area contributed by atoms with E-state index in [1.54, 1.807) is 24.7 Å². The Morgan fingerprint density at radius 2 is 1.93 bits per heavy atom. The summed E-state index contributed by atoms with van der Waals surface area (Å²) in [6, 6.07) is 23.9. The summed E-state index contributed by atoms with van der Waals surface area (Å²) in [7, 11) is 2.12. The fourth-order valence-corrected chi connectivity index (χ4v) is 5.30. The molecule has 2 atom stereocenters. The van der Waals surface area contributed by atoms with Crippen LogP contribution in [-0.2, 0) is 28.4 Å². The van der Waals surface area contributed by atoms with E-state index in [0.717, 1.165) is 24.4 Å². The zero-order chi connectivity index (χ0) is 27.8. The number of hydrogen-bond donors (Lipinski definition) is 0. The molecule has 2 heterocycles. The molecule has 1 saturated heterocycles. The zero-order valence-corrected chi connectivity index (χ0v) is 24.0. The number of nitrogens with zero attached hydrogens (tertiary/aromatic N) is 3. The molecule has 208 valence electrons. The Morgan fingerprint density at radius 1 is 1.10 bits per heavy atom. The Balaban J connectivity index is 1.18. The molecule has 0 bridgehead atoms. The SMILES string of the molecule is CN(C/C=C/c1ccccc1)Cc1ccc(OC[C@@H]2CCO[C@@](Cn3ccnc3)(c3ccc(Cl)cc3Cl)O2)cc1. The Labute approximate surface area is 245 Å². The lowest BCUT2D eigenvalue weighted by atomic mass is 10.0. The van der Waals surface area contributed by atoms with Crippen molar-refractivity contribution in [3.63, 3.8) is 0 Å². The third kappa shape index (κ3) is 7.53. The maximum atomic E-state index is 6.61. The maximum Gasteiger partial charge on any atom is 0.215 e. The molecule has 1 fully saturated rings. The van der Waals surface area contributed by atoms with Crippen molar-refractivity contribution in [3.05, 3.63) is 124 Å². The molecule has 0 aliphatic carbocycles. The van der Waals surface area contributed by atoms with Crippen molar-refractivity contribution in [1.29, 1.82) is 0 Å². The lowest BCUT2D eigenvalue weighted by Gasteiger charge is -2.41. The van der Waals surface area contributed by atoms with Gasteiger partial charge >= 0.3 is 0 Å². The van der Waals surface area contributed by atoms with E-state index in [4.69, 9.17) is 37.4 Å². The van der Waals surface area contributed by atoms with Gasteiger partial charge in [-0.2, -0.15) is 0 Å². The maximum absolute atomic E-state index is 6.61. The van der Waals surface area contributed by atoms with E-state index in [9.17, 15) is 0 Å². The monoisotopic (exact) mass is 577 g/mol. The van der Waals surface area contributed by atoms with Gasteiger partial charge in [0, 0.05) is 42.5 Å². The lowest BCUT2D eigenvalue weighted by molar-refractivity contribution is -0.312. The molecule has 4 aromatic rings. The van der Waals surface area contributed by atoms with Crippen molar-refractivity contribution >= 4 is 29.3 Å². The number of ether oxygens (including phenoxy) is 3. The number of aromatic nitrogens is 2. The van der Waals surface area contributed by atoms with Crippen LogP contribution in [0.15, 0.2) is 97.6 Å². The molecule has 0 N–H and O–H groups in total. The third-order valence-electron chi connectivity index (χ3n) is 6.76. The number of benzene rings is 3. The van der Waals surface area contributed by atoms with Crippen LogP contribution in [0.25, 0.3) is 6.08 Å². The normalized spacial score (nSPS) is 19.4. The van der Waals surface area contributed by atoms with Gasteiger partial charge in [0.25, 0.3) is 0 Å². The average Bonchev–Trinajstić information content (AvgIpc) is 3.46. The van der Waals surface area contributed by atoms with E-state index < -0.39 is 5.79 Å². The summed E-state index contributed by atoms with van der Waals surface area (Å²) in [5, 5.41) is 1.05. The molecule has 1 aliphatic heterocycles. The minimum atomic E-state index is -1.09. The Bertz CT molecular complexity index is 1380. The fraction of sp³-hybridized carbons (Fsp3) is 0.281. The first-order valence-corrected chi connectivity index (χ1v) is 14.1. The third-order valence-corrected chi connectivity index (χ3v) is 7.31. The van der Waals surface area contributed by atoms with Gasteiger partial charge in [0.15, 0.2) is 0 Å². The minimum Gasteiger partial charge on any atom is -0.491 e. The van der Waals surface area contributed by atoms with E-state index in [0.29, 0.717) is 36.2 Å². The van der Waals surface area contributed by atoms with Crippen molar-refractivity contribution in [1.82, 2.24) is 14.5 Å². The second kappa shape index (κ2) is 13.5. The Kier molecular flexibility index (Phi) is 9.57. The van der Waals surface area contributed by atoms with Crippen LogP contribution in [0.5, 0.6) is 5.75 Å². The molecule has 0 saturated carbocycles. The summed E-state index contributed by atoms with van der Waals surface area (Å²) in [6.45, 7) is 3.01. The van der Waals surface area contributed by atoms with Crippen LogP contribution in [0.3, 0.4) is 0 Å². The van der Waals surface area contributed by atoms with E-state index in [-0.39, 0.29) is 6.10 Å². The van der Waals surface area contributed by atoms with E-state index in [1.807, 2.05) is 47.2 Å². The van der Waals surface area contributed by atoms with E-state index in [1.165, 1.54) is 11.1 Å². The molecule has 1 aromatic heterocycles. The highest BCUT2D eigenvalue weighted by molar-refractivity contribution is 6.35. The predicted octanol–water partition coefficient (Wildman–Crippen LogP) is 7.07. The molecule has 0 amide bonds. The summed E-state index contributed by atoms with van der Waals surface area (Å²) in [4.78, 5) is 6.43. The number of likely N-dealkylation sites (N-methyl/N-ethyl adjacent to an activating group) is 1. The van der Waals surface area contributed by atoms with E-state index >= 15 is 0 Å². The molecule has 3 aromatic carbocycles. The van der Waals surface area contributed by atoms with Crippen molar-refractivity contribution in [3.8, 4) is 5.75 Å². The Hall–Kier alpha value is -3.13. The van der Waals surface area contributed by atoms with Crippen LogP contribution in [-0.4, -0.2) is 47.4 Å². The number of imidazole rings is 1. The quantitative estimate of drug-likeness (QED) is 0.191. The van der Waals surface area contributed by atoms with Gasteiger partial charge in [-0.25, -0.2) is 4.98 Å². The topological polar surface area (TPSA) is 48.8 Å². The molecule has 0 radical (unpaired) electrons. The largest absolute Gasteiger partial charge is 0.491 e. The van der Waals surface area contributed by atoms with Gasteiger partial charge in [0.2, 0.25) is 5.79 Å². The molecule has 6 nitrogen and oxygen atoms in total. The molecular formula is C32H33Cl2N3O3. The summed E-state index contributed by atoms with van der Waals surface area (Å²) in [5.41, 5.74) is 3.16. The summed E-state index contributed by atoms with van der Waals surface area (Å²) in [6.07, 6.45) is 10.2. The average molecular weight is 579 g/mol. The van der Waals surface area contributed by atoms with Gasteiger partial charge in [-0.1, -0.05) is 83.9 Å². The number of hydrogen-bond acceptors (Lipinski definition) is 5. The summed E-state index contributed by atoms with van der Waals surface area (Å²) in [5.74, 6) is -0.284.